The molecule has 4 atom stereocenters. The predicted molar refractivity (Wildman–Crippen MR) is 52.0 cm³/mol. The van der Waals surface area contributed by atoms with E-state index in [9.17, 15) is 0 Å². The van der Waals surface area contributed by atoms with Crippen LogP contribution in [0.15, 0.2) is 0 Å². The number of fused-ring (bicyclic) bond motifs is 2. The van der Waals surface area contributed by atoms with Crippen LogP contribution in [0.25, 0.3) is 0 Å². The van der Waals surface area contributed by atoms with Crippen molar-refractivity contribution in [1.29, 1.82) is 0 Å². The fraction of sp³-hybridized carbons (Fsp3) is 1.00. The van der Waals surface area contributed by atoms with E-state index in [-0.39, 0.29) is 0 Å². The van der Waals surface area contributed by atoms with Crippen molar-refractivity contribution >= 4 is 12.6 Å². The first-order chi connectivity index (χ1) is 5.11. The lowest BCUT2D eigenvalue weighted by atomic mass is 9.79. The van der Waals surface area contributed by atoms with E-state index in [0.717, 1.165) is 17.8 Å². The largest absolute Gasteiger partial charge is 0.172 e. The molecule has 11 heavy (non-hydrogen) atoms. The molecular weight excluding hydrogens is 152 g/mol. The molecule has 2 rings (SSSR count). The average molecular weight is 170 g/mol. The molecule has 2 aliphatic carbocycles. The minimum atomic E-state index is 0.441. The molecule has 0 aliphatic heterocycles. The summed E-state index contributed by atoms with van der Waals surface area (Å²) in [5.74, 6) is 2.89. The van der Waals surface area contributed by atoms with Gasteiger partial charge in [0.25, 0.3) is 0 Å². The van der Waals surface area contributed by atoms with Gasteiger partial charge in [-0.25, -0.2) is 0 Å². The summed E-state index contributed by atoms with van der Waals surface area (Å²) in [4.78, 5) is 0. The van der Waals surface area contributed by atoms with Crippen molar-refractivity contribution in [3.63, 3.8) is 0 Å². The fourth-order valence-electron chi connectivity index (χ4n) is 3.15. The number of hydrogen-bond donors (Lipinski definition) is 1. The first-order valence-electron chi connectivity index (χ1n) is 4.83. The molecule has 4 unspecified atom stereocenters. The Labute approximate surface area is 75.2 Å². The maximum absolute atomic E-state index is 4.79. The van der Waals surface area contributed by atoms with Gasteiger partial charge >= 0.3 is 0 Å². The van der Waals surface area contributed by atoms with Crippen LogP contribution in [0.5, 0.6) is 0 Å². The maximum Gasteiger partial charge on any atom is 0.0135 e. The lowest BCUT2D eigenvalue weighted by Gasteiger charge is -2.32. The van der Waals surface area contributed by atoms with Crippen molar-refractivity contribution in [3.8, 4) is 0 Å². The Balaban J connectivity index is 2.18. The van der Waals surface area contributed by atoms with Crippen LogP contribution in [0.1, 0.15) is 39.5 Å². The van der Waals surface area contributed by atoms with Crippen molar-refractivity contribution in [2.75, 3.05) is 0 Å². The Bertz CT molecular complexity index is 166. The van der Waals surface area contributed by atoms with Gasteiger partial charge in [-0.3, -0.25) is 0 Å². The molecule has 0 amide bonds. The Morgan fingerprint density at radius 3 is 2.55 bits per heavy atom. The van der Waals surface area contributed by atoms with Gasteiger partial charge in [-0.1, -0.05) is 13.8 Å². The van der Waals surface area contributed by atoms with E-state index in [0.29, 0.717) is 4.75 Å². The van der Waals surface area contributed by atoms with Crippen LogP contribution in [0.4, 0.5) is 0 Å². The molecule has 1 heteroatoms. The molecule has 0 saturated heterocycles. The van der Waals surface area contributed by atoms with E-state index in [1.54, 1.807) is 0 Å². The van der Waals surface area contributed by atoms with E-state index < -0.39 is 0 Å². The second kappa shape index (κ2) is 2.42. The third-order valence-corrected chi connectivity index (χ3v) is 4.43. The van der Waals surface area contributed by atoms with Crippen molar-refractivity contribution in [3.05, 3.63) is 0 Å². The third kappa shape index (κ3) is 1.22. The van der Waals surface area contributed by atoms with E-state index in [4.69, 9.17) is 12.6 Å². The van der Waals surface area contributed by atoms with Gasteiger partial charge in [0.2, 0.25) is 0 Å². The lowest BCUT2D eigenvalue weighted by Crippen LogP contribution is -2.25. The standard InChI is InChI=1S/C10H18S/c1-7-3-4-10(11)5-8(2)9(7)6-10/h7-9,11H,3-6H2,1-2H3. The van der Waals surface area contributed by atoms with Crippen LogP contribution in [-0.4, -0.2) is 4.75 Å². The minimum absolute atomic E-state index is 0.441. The van der Waals surface area contributed by atoms with E-state index in [2.05, 4.69) is 13.8 Å². The first-order valence-corrected chi connectivity index (χ1v) is 5.28. The van der Waals surface area contributed by atoms with Crippen molar-refractivity contribution < 1.29 is 0 Å². The zero-order valence-corrected chi connectivity index (χ0v) is 8.40. The summed E-state index contributed by atoms with van der Waals surface area (Å²) in [5, 5.41) is 0. The monoisotopic (exact) mass is 170 g/mol. The topological polar surface area (TPSA) is 0 Å². The Kier molecular flexibility index (Phi) is 1.75. The molecule has 0 aromatic heterocycles. The van der Waals surface area contributed by atoms with Crippen LogP contribution in [-0.2, 0) is 0 Å². The summed E-state index contributed by atoms with van der Waals surface area (Å²) in [6, 6.07) is 0. The molecule has 0 heterocycles. The summed E-state index contributed by atoms with van der Waals surface area (Å²) < 4.78 is 0.441. The number of rotatable bonds is 0. The fourth-order valence-corrected chi connectivity index (χ4v) is 3.78. The quantitative estimate of drug-likeness (QED) is 0.531. The van der Waals surface area contributed by atoms with Crippen molar-refractivity contribution in [2.45, 2.75) is 44.3 Å². The van der Waals surface area contributed by atoms with Crippen LogP contribution in [0, 0.1) is 17.8 Å². The summed E-state index contributed by atoms with van der Waals surface area (Å²) in [6.07, 6.45) is 5.53. The second-order valence-electron chi connectivity index (χ2n) is 4.79. The Morgan fingerprint density at radius 2 is 1.91 bits per heavy atom. The number of hydrogen-bond acceptors (Lipinski definition) is 1. The van der Waals surface area contributed by atoms with Gasteiger partial charge in [-0.15, -0.1) is 0 Å². The molecule has 2 bridgehead atoms. The van der Waals surface area contributed by atoms with Crippen molar-refractivity contribution in [1.82, 2.24) is 0 Å². The van der Waals surface area contributed by atoms with E-state index in [1.807, 2.05) is 0 Å². The molecule has 0 radical (unpaired) electrons. The Morgan fingerprint density at radius 1 is 1.18 bits per heavy atom. The minimum Gasteiger partial charge on any atom is -0.172 e. The van der Waals surface area contributed by atoms with Crippen LogP contribution < -0.4 is 0 Å². The zero-order chi connectivity index (χ0) is 8.06. The summed E-state index contributed by atoms with van der Waals surface area (Å²) in [5.41, 5.74) is 0. The summed E-state index contributed by atoms with van der Waals surface area (Å²) in [6.45, 7) is 4.82. The normalized spacial score (nSPS) is 56.5. The maximum atomic E-state index is 4.79. The molecule has 2 fully saturated rings. The van der Waals surface area contributed by atoms with Gasteiger partial charge in [-0.05, 0) is 43.4 Å². The van der Waals surface area contributed by atoms with Gasteiger partial charge < -0.3 is 0 Å². The summed E-state index contributed by atoms with van der Waals surface area (Å²) in [7, 11) is 0. The number of thiol groups is 1. The van der Waals surface area contributed by atoms with Crippen LogP contribution in [0.2, 0.25) is 0 Å². The second-order valence-corrected chi connectivity index (χ2v) is 5.74. The highest BCUT2D eigenvalue weighted by atomic mass is 32.1. The molecule has 64 valence electrons. The molecule has 0 nitrogen and oxygen atoms in total. The molecule has 2 aliphatic rings. The van der Waals surface area contributed by atoms with E-state index >= 15 is 0 Å². The Hall–Kier alpha value is 0.350. The zero-order valence-electron chi connectivity index (χ0n) is 7.51. The average Bonchev–Trinajstić information content (AvgIpc) is 2.18. The van der Waals surface area contributed by atoms with Crippen molar-refractivity contribution in [2.24, 2.45) is 17.8 Å². The first kappa shape index (κ1) is 7.97. The SMILES string of the molecule is CC1CCC2(S)CC(C)C1C2. The van der Waals surface area contributed by atoms with E-state index in [1.165, 1.54) is 25.7 Å². The molecule has 0 aromatic carbocycles. The van der Waals surface area contributed by atoms with Gasteiger partial charge in [0, 0.05) is 4.75 Å². The molecule has 0 aromatic rings. The summed E-state index contributed by atoms with van der Waals surface area (Å²) >= 11 is 4.79. The van der Waals surface area contributed by atoms with Gasteiger partial charge in [-0.2, -0.15) is 12.6 Å². The molecule has 0 spiro atoms. The van der Waals surface area contributed by atoms with Crippen LogP contribution in [0.3, 0.4) is 0 Å². The van der Waals surface area contributed by atoms with Crippen LogP contribution >= 0.6 is 12.6 Å². The predicted octanol–water partition coefficient (Wildman–Crippen LogP) is 3.13. The highest BCUT2D eigenvalue weighted by Gasteiger charge is 2.46. The molecule has 0 N–H and O–H groups in total. The highest BCUT2D eigenvalue weighted by molar-refractivity contribution is 7.81. The molecule has 2 saturated carbocycles. The lowest BCUT2D eigenvalue weighted by molar-refractivity contribution is 0.248. The van der Waals surface area contributed by atoms with Gasteiger partial charge in [0.1, 0.15) is 0 Å². The smallest absolute Gasteiger partial charge is 0.0135 e. The van der Waals surface area contributed by atoms with Gasteiger partial charge in [0.05, 0.1) is 0 Å². The third-order valence-electron chi connectivity index (χ3n) is 3.84. The molecular formula is C10H18S. The highest BCUT2D eigenvalue weighted by Crippen LogP contribution is 2.53. The van der Waals surface area contributed by atoms with Gasteiger partial charge in [0.15, 0.2) is 0 Å².